The Morgan fingerprint density at radius 1 is 1.00 bits per heavy atom. The van der Waals surface area contributed by atoms with Crippen molar-refractivity contribution in [3.8, 4) is 11.1 Å². The summed E-state index contributed by atoms with van der Waals surface area (Å²) in [5.74, 6) is 0. The van der Waals surface area contributed by atoms with Crippen LogP contribution in [0.25, 0.3) is 11.1 Å². The Kier molecular flexibility index (Phi) is 3.22. The van der Waals surface area contributed by atoms with Crippen LogP contribution in [-0.2, 0) is 0 Å². The van der Waals surface area contributed by atoms with Gasteiger partial charge in [-0.3, -0.25) is 0 Å². The van der Waals surface area contributed by atoms with E-state index in [1.807, 2.05) is 6.92 Å². The lowest BCUT2D eigenvalue weighted by Gasteiger charge is -2.18. The van der Waals surface area contributed by atoms with Crippen LogP contribution in [-0.4, -0.2) is 11.7 Å². The normalized spacial score (nSPS) is 12.7. The minimum Gasteiger partial charge on any atom is -0.363 e. The number of thiocarbonyl (C=S) groups is 1. The second kappa shape index (κ2) is 5.02. The summed E-state index contributed by atoms with van der Waals surface area (Å²) in [5, 5.41) is 7.27. The molecular weight excluding hydrogens is 252 g/mol. The lowest BCUT2D eigenvalue weighted by atomic mass is 10.1. The van der Waals surface area contributed by atoms with Gasteiger partial charge in [0.05, 0.1) is 6.04 Å². The zero-order chi connectivity index (χ0) is 13.2. The minimum atomic E-state index is 0.152. The fraction of sp³-hybridized carbons (Fsp3) is 0.188. The number of hydrogen-bond donors (Lipinski definition) is 2. The molecule has 2 aromatic carbocycles. The van der Waals surface area contributed by atoms with E-state index in [4.69, 9.17) is 12.2 Å². The SMILES string of the molecule is CCNC(=S)NC1c2ccccc2-c2ccccc21. The fourth-order valence-corrected chi connectivity index (χ4v) is 2.92. The molecule has 0 atom stereocenters. The molecular formula is C16H16N2S. The Bertz CT molecular complexity index is 576. The molecule has 0 amide bonds. The summed E-state index contributed by atoms with van der Waals surface area (Å²) in [6, 6.07) is 17.2. The first-order valence-corrected chi connectivity index (χ1v) is 6.94. The molecule has 1 aliphatic carbocycles. The molecule has 0 aliphatic heterocycles. The van der Waals surface area contributed by atoms with Crippen molar-refractivity contribution < 1.29 is 0 Å². The molecule has 1 aliphatic rings. The smallest absolute Gasteiger partial charge is 0.167 e. The molecule has 2 N–H and O–H groups in total. The third-order valence-electron chi connectivity index (χ3n) is 3.45. The van der Waals surface area contributed by atoms with Crippen LogP contribution in [0.1, 0.15) is 24.1 Å². The molecule has 96 valence electrons. The first-order valence-electron chi connectivity index (χ1n) is 6.54. The van der Waals surface area contributed by atoms with Gasteiger partial charge < -0.3 is 10.6 Å². The van der Waals surface area contributed by atoms with E-state index in [1.54, 1.807) is 0 Å². The van der Waals surface area contributed by atoms with E-state index in [-0.39, 0.29) is 6.04 Å². The molecule has 0 aromatic heterocycles. The Balaban J connectivity index is 2.02. The van der Waals surface area contributed by atoms with Gasteiger partial charge in [0, 0.05) is 6.54 Å². The van der Waals surface area contributed by atoms with Crippen LogP contribution in [0.2, 0.25) is 0 Å². The summed E-state index contributed by atoms with van der Waals surface area (Å²) < 4.78 is 0. The number of benzene rings is 2. The third-order valence-corrected chi connectivity index (χ3v) is 3.71. The number of nitrogens with one attached hydrogen (secondary N) is 2. The summed E-state index contributed by atoms with van der Waals surface area (Å²) in [7, 11) is 0. The summed E-state index contributed by atoms with van der Waals surface area (Å²) in [6.07, 6.45) is 0. The van der Waals surface area contributed by atoms with Gasteiger partial charge in [-0.2, -0.15) is 0 Å². The predicted octanol–water partition coefficient (Wildman–Crippen LogP) is 3.24. The largest absolute Gasteiger partial charge is 0.363 e. The lowest BCUT2D eigenvalue weighted by Crippen LogP contribution is -2.37. The van der Waals surface area contributed by atoms with Crippen LogP contribution in [0.4, 0.5) is 0 Å². The number of fused-ring (bicyclic) bond motifs is 3. The van der Waals surface area contributed by atoms with E-state index < -0.39 is 0 Å². The van der Waals surface area contributed by atoms with E-state index in [1.165, 1.54) is 22.3 Å². The lowest BCUT2D eigenvalue weighted by molar-refractivity contribution is 0.759. The first-order chi connectivity index (χ1) is 9.31. The maximum absolute atomic E-state index is 5.33. The van der Waals surface area contributed by atoms with Crippen LogP contribution in [0.5, 0.6) is 0 Å². The van der Waals surface area contributed by atoms with Gasteiger partial charge >= 0.3 is 0 Å². The number of rotatable bonds is 2. The van der Waals surface area contributed by atoms with Crippen LogP contribution < -0.4 is 10.6 Å². The minimum absolute atomic E-state index is 0.152. The van der Waals surface area contributed by atoms with Gasteiger partial charge in [-0.15, -0.1) is 0 Å². The molecule has 0 radical (unpaired) electrons. The third kappa shape index (κ3) is 2.10. The van der Waals surface area contributed by atoms with Crippen molar-refractivity contribution in [2.24, 2.45) is 0 Å². The first kappa shape index (κ1) is 12.2. The zero-order valence-corrected chi connectivity index (χ0v) is 11.6. The zero-order valence-electron chi connectivity index (χ0n) is 10.8. The molecule has 3 rings (SSSR count). The molecule has 0 saturated heterocycles. The fourth-order valence-electron chi connectivity index (χ4n) is 2.65. The van der Waals surface area contributed by atoms with E-state index >= 15 is 0 Å². The average Bonchev–Trinajstić information content (AvgIpc) is 2.75. The van der Waals surface area contributed by atoms with Gasteiger partial charge in [-0.1, -0.05) is 48.5 Å². The standard InChI is InChI=1S/C16H16N2S/c1-2-17-16(19)18-15-13-9-5-3-7-11(13)12-8-4-6-10-14(12)15/h3-10,15H,2H2,1H3,(H2,17,18,19). The van der Waals surface area contributed by atoms with Gasteiger partial charge in [0.2, 0.25) is 0 Å². The van der Waals surface area contributed by atoms with Crippen molar-refractivity contribution >= 4 is 17.3 Å². The molecule has 2 aromatic rings. The van der Waals surface area contributed by atoms with E-state index in [0.29, 0.717) is 5.11 Å². The van der Waals surface area contributed by atoms with Crippen LogP contribution in [0, 0.1) is 0 Å². The molecule has 0 fully saturated rings. The topological polar surface area (TPSA) is 24.1 Å². The monoisotopic (exact) mass is 268 g/mol. The van der Waals surface area contributed by atoms with Crippen molar-refractivity contribution in [3.63, 3.8) is 0 Å². The highest BCUT2D eigenvalue weighted by atomic mass is 32.1. The van der Waals surface area contributed by atoms with Crippen molar-refractivity contribution in [3.05, 3.63) is 59.7 Å². The second-order valence-corrected chi connectivity index (χ2v) is 5.02. The highest BCUT2D eigenvalue weighted by Gasteiger charge is 2.28. The number of hydrogen-bond acceptors (Lipinski definition) is 1. The highest BCUT2D eigenvalue weighted by molar-refractivity contribution is 7.80. The predicted molar refractivity (Wildman–Crippen MR) is 83.1 cm³/mol. The summed E-state index contributed by atoms with van der Waals surface area (Å²) in [6.45, 7) is 2.88. The average molecular weight is 268 g/mol. The van der Waals surface area contributed by atoms with E-state index in [0.717, 1.165) is 6.54 Å². The maximum Gasteiger partial charge on any atom is 0.167 e. The van der Waals surface area contributed by atoms with Crippen LogP contribution in [0.15, 0.2) is 48.5 Å². The molecule has 0 heterocycles. The Hall–Kier alpha value is -1.87. The van der Waals surface area contributed by atoms with Gasteiger partial charge in [-0.25, -0.2) is 0 Å². The molecule has 19 heavy (non-hydrogen) atoms. The van der Waals surface area contributed by atoms with Gasteiger partial charge in [-0.05, 0) is 41.4 Å². The summed E-state index contributed by atoms with van der Waals surface area (Å²) >= 11 is 5.33. The molecule has 2 nitrogen and oxygen atoms in total. The van der Waals surface area contributed by atoms with Crippen LogP contribution >= 0.6 is 12.2 Å². The summed E-state index contributed by atoms with van der Waals surface area (Å²) in [4.78, 5) is 0. The van der Waals surface area contributed by atoms with Crippen molar-refractivity contribution in [1.29, 1.82) is 0 Å². The van der Waals surface area contributed by atoms with Crippen molar-refractivity contribution in [1.82, 2.24) is 10.6 Å². The molecule has 3 heteroatoms. The summed E-state index contributed by atoms with van der Waals surface area (Å²) in [5.41, 5.74) is 5.19. The maximum atomic E-state index is 5.33. The van der Waals surface area contributed by atoms with Gasteiger partial charge in [0.25, 0.3) is 0 Å². The van der Waals surface area contributed by atoms with Crippen molar-refractivity contribution in [2.45, 2.75) is 13.0 Å². The highest BCUT2D eigenvalue weighted by Crippen LogP contribution is 2.42. The Labute approximate surface area is 118 Å². The molecule has 0 spiro atoms. The van der Waals surface area contributed by atoms with Crippen LogP contribution in [0.3, 0.4) is 0 Å². The second-order valence-electron chi connectivity index (χ2n) is 4.61. The van der Waals surface area contributed by atoms with Gasteiger partial charge in [0.15, 0.2) is 5.11 Å². The quantitative estimate of drug-likeness (QED) is 0.818. The Morgan fingerprint density at radius 3 is 2.05 bits per heavy atom. The van der Waals surface area contributed by atoms with E-state index in [9.17, 15) is 0 Å². The molecule has 0 bridgehead atoms. The molecule has 0 saturated carbocycles. The Morgan fingerprint density at radius 2 is 1.53 bits per heavy atom. The van der Waals surface area contributed by atoms with Crippen molar-refractivity contribution in [2.75, 3.05) is 6.54 Å². The molecule has 0 unspecified atom stereocenters. The van der Waals surface area contributed by atoms with E-state index in [2.05, 4.69) is 59.2 Å². The van der Waals surface area contributed by atoms with Gasteiger partial charge in [0.1, 0.15) is 0 Å².